The number of aromatic nitrogens is 5. The molecule has 0 unspecified atom stereocenters. The molecule has 0 saturated heterocycles. The van der Waals surface area contributed by atoms with Crippen LogP contribution in [0.4, 0.5) is 5.13 Å². The lowest BCUT2D eigenvalue weighted by atomic mass is 10.2. The standard InChI is InChI=1S/C19H14BrClN6OS/c1-10-14(21)4-3-5-15(10)27-11(2)16(24-26-27)17-22-19(29-25-17)23-18(28)12-6-8-13(20)9-7-12/h3-9H,1-2H3,(H,22,23,25,28). The first-order valence-corrected chi connectivity index (χ1v) is 10.5. The van der Waals surface area contributed by atoms with Crippen LogP contribution < -0.4 is 5.32 Å². The second-order valence-corrected chi connectivity index (χ2v) is 8.28. The van der Waals surface area contributed by atoms with Gasteiger partial charge in [0, 0.05) is 26.6 Å². The molecule has 10 heteroatoms. The van der Waals surface area contributed by atoms with Gasteiger partial charge in [-0.25, -0.2) is 4.68 Å². The van der Waals surface area contributed by atoms with E-state index < -0.39 is 0 Å². The molecule has 2 aromatic heterocycles. The highest BCUT2D eigenvalue weighted by molar-refractivity contribution is 9.10. The van der Waals surface area contributed by atoms with Gasteiger partial charge in [0.1, 0.15) is 0 Å². The highest BCUT2D eigenvalue weighted by Gasteiger charge is 2.19. The van der Waals surface area contributed by atoms with Crippen molar-refractivity contribution in [1.29, 1.82) is 0 Å². The largest absolute Gasteiger partial charge is 0.297 e. The minimum atomic E-state index is -0.255. The van der Waals surface area contributed by atoms with E-state index in [2.05, 4.69) is 40.9 Å². The van der Waals surface area contributed by atoms with Gasteiger partial charge in [-0.3, -0.25) is 10.1 Å². The van der Waals surface area contributed by atoms with Gasteiger partial charge in [-0.05, 0) is 55.8 Å². The molecule has 0 aliphatic heterocycles. The minimum Gasteiger partial charge on any atom is -0.297 e. The summed E-state index contributed by atoms with van der Waals surface area (Å²) in [5, 5.41) is 12.3. The number of hydrogen-bond donors (Lipinski definition) is 1. The van der Waals surface area contributed by atoms with Crippen LogP contribution in [0.15, 0.2) is 46.9 Å². The first-order chi connectivity index (χ1) is 13.9. The van der Waals surface area contributed by atoms with Crippen LogP contribution in [0.25, 0.3) is 17.2 Å². The topological polar surface area (TPSA) is 85.6 Å². The van der Waals surface area contributed by atoms with Gasteiger partial charge in [-0.1, -0.05) is 38.8 Å². The molecule has 2 aromatic carbocycles. The van der Waals surface area contributed by atoms with Gasteiger partial charge < -0.3 is 0 Å². The van der Waals surface area contributed by atoms with Crippen LogP contribution in [0.1, 0.15) is 21.6 Å². The summed E-state index contributed by atoms with van der Waals surface area (Å²) in [5.74, 6) is 0.152. The average molecular weight is 490 g/mol. The van der Waals surface area contributed by atoms with Crippen LogP contribution in [-0.4, -0.2) is 30.3 Å². The van der Waals surface area contributed by atoms with E-state index in [0.29, 0.717) is 27.2 Å². The summed E-state index contributed by atoms with van der Waals surface area (Å²) in [6.07, 6.45) is 0. The molecule has 4 aromatic rings. The lowest BCUT2D eigenvalue weighted by Crippen LogP contribution is -2.11. The zero-order valence-electron chi connectivity index (χ0n) is 15.3. The van der Waals surface area contributed by atoms with Crippen molar-refractivity contribution < 1.29 is 4.79 Å². The van der Waals surface area contributed by atoms with Crippen LogP contribution >= 0.6 is 39.1 Å². The zero-order chi connectivity index (χ0) is 20.5. The Morgan fingerprint density at radius 2 is 1.93 bits per heavy atom. The number of amides is 1. The number of halogens is 2. The summed E-state index contributed by atoms with van der Waals surface area (Å²) in [4.78, 5) is 16.8. The highest BCUT2D eigenvalue weighted by atomic mass is 79.9. The maximum absolute atomic E-state index is 12.4. The minimum absolute atomic E-state index is 0.255. The van der Waals surface area contributed by atoms with Gasteiger partial charge in [-0.2, -0.15) is 9.36 Å². The Morgan fingerprint density at radius 3 is 2.69 bits per heavy atom. The normalized spacial score (nSPS) is 10.9. The van der Waals surface area contributed by atoms with Gasteiger partial charge in [0.25, 0.3) is 5.91 Å². The van der Waals surface area contributed by atoms with Crippen LogP contribution in [0.2, 0.25) is 5.02 Å². The first kappa shape index (κ1) is 19.7. The summed E-state index contributed by atoms with van der Waals surface area (Å²) in [6, 6.07) is 12.7. The Balaban J connectivity index is 1.59. The third kappa shape index (κ3) is 3.93. The van der Waals surface area contributed by atoms with Crippen LogP contribution in [0.3, 0.4) is 0 Å². The van der Waals surface area contributed by atoms with Gasteiger partial charge in [-0.15, -0.1) is 5.10 Å². The Hall–Kier alpha value is -2.62. The van der Waals surface area contributed by atoms with Crippen molar-refractivity contribution >= 4 is 50.1 Å². The van der Waals surface area contributed by atoms with Crippen molar-refractivity contribution in [2.45, 2.75) is 13.8 Å². The maximum atomic E-state index is 12.4. The quantitative estimate of drug-likeness (QED) is 0.432. The Morgan fingerprint density at radius 1 is 1.17 bits per heavy atom. The predicted molar refractivity (Wildman–Crippen MR) is 117 cm³/mol. The number of carbonyl (C=O) groups excluding carboxylic acids is 1. The monoisotopic (exact) mass is 488 g/mol. The molecule has 1 N–H and O–H groups in total. The Labute approximate surface area is 184 Å². The number of carbonyl (C=O) groups is 1. The molecular weight excluding hydrogens is 476 g/mol. The second kappa shape index (κ2) is 8.02. The smallest absolute Gasteiger partial charge is 0.257 e. The van der Waals surface area contributed by atoms with Crippen LogP contribution in [0, 0.1) is 13.8 Å². The summed E-state index contributed by atoms with van der Waals surface area (Å²) in [7, 11) is 0. The molecule has 0 radical (unpaired) electrons. The van der Waals surface area contributed by atoms with Gasteiger partial charge >= 0.3 is 0 Å². The molecule has 2 heterocycles. The molecule has 1 amide bonds. The number of anilines is 1. The van der Waals surface area contributed by atoms with Crippen molar-refractivity contribution in [1.82, 2.24) is 24.4 Å². The van der Waals surface area contributed by atoms with E-state index in [0.717, 1.165) is 32.9 Å². The molecule has 29 heavy (non-hydrogen) atoms. The number of hydrogen-bond acceptors (Lipinski definition) is 6. The molecule has 4 rings (SSSR count). The molecule has 146 valence electrons. The molecule has 0 aliphatic carbocycles. The SMILES string of the molecule is Cc1c(Cl)cccc1-n1nnc(-c2nsc(NC(=O)c3ccc(Br)cc3)n2)c1C. The molecule has 0 aliphatic rings. The molecule has 7 nitrogen and oxygen atoms in total. The van der Waals surface area contributed by atoms with E-state index >= 15 is 0 Å². The molecule has 0 saturated carbocycles. The third-order valence-corrected chi connectivity index (χ3v) is 5.90. The summed E-state index contributed by atoms with van der Waals surface area (Å²) in [6.45, 7) is 3.81. The van der Waals surface area contributed by atoms with Gasteiger partial charge in [0.05, 0.1) is 11.4 Å². The van der Waals surface area contributed by atoms with E-state index in [1.807, 2.05) is 32.0 Å². The zero-order valence-corrected chi connectivity index (χ0v) is 18.5. The van der Waals surface area contributed by atoms with Crippen LogP contribution in [0.5, 0.6) is 0 Å². The van der Waals surface area contributed by atoms with E-state index in [-0.39, 0.29) is 5.91 Å². The van der Waals surface area contributed by atoms with Crippen molar-refractivity contribution in [3.8, 4) is 17.2 Å². The van der Waals surface area contributed by atoms with Crippen molar-refractivity contribution in [3.63, 3.8) is 0 Å². The third-order valence-electron chi connectivity index (χ3n) is 4.33. The molecule has 0 bridgehead atoms. The van der Waals surface area contributed by atoms with E-state index in [1.54, 1.807) is 28.9 Å². The fourth-order valence-corrected chi connectivity index (χ4v) is 3.73. The fourth-order valence-electron chi connectivity index (χ4n) is 2.73. The van der Waals surface area contributed by atoms with Gasteiger partial charge in [0.15, 0.2) is 11.5 Å². The molecule has 0 fully saturated rings. The summed E-state index contributed by atoms with van der Waals surface area (Å²) >= 11 is 10.7. The van der Waals surface area contributed by atoms with E-state index in [4.69, 9.17) is 11.6 Å². The Kier molecular flexibility index (Phi) is 5.44. The van der Waals surface area contributed by atoms with E-state index in [1.165, 1.54) is 0 Å². The maximum Gasteiger partial charge on any atom is 0.257 e. The lowest BCUT2D eigenvalue weighted by Gasteiger charge is -2.08. The van der Waals surface area contributed by atoms with Crippen molar-refractivity contribution in [2.24, 2.45) is 0 Å². The number of nitrogens with zero attached hydrogens (tertiary/aromatic N) is 5. The van der Waals surface area contributed by atoms with Crippen molar-refractivity contribution in [2.75, 3.05) is 5.32 Å². The first-order valence-electron chi connectivity index (χ1n) is 8.53. The Bertz CT molecular complexity index is 1200. The average Bonchev–Trinajstić information content (AvgIpc) is 3.31. The number of rotatable bonds is 4. The molecular formula is C19H14BrClN6OS. The summed E-state index contributed by atoms with van der Waals surface area (Å²) in [5.41, 5.74) is 3.60. The van der Waals surface area contributed by atoms with E-state index in [9.17, 15) is 4.79 Å². The predicted octanol–water partition coefficient (Wildman–Crippen LogP) is 5.07. The fraction of sp³-hybridized carbons (Fsp3) is 0.105. The van der Waals surface area contributed by atoms with Gasteiger partial charge in [0.2, 0.25) is 5.13 Å². The molecule has 0 spiro atoms. The second-order valence-electron chi connectivity index (χ2n) is 6.20. The van der Waals surface area contributed by atoms with Crippen molar-refractivity contribution in [3.05, 3.63) is 68.8 Å². The highest BCUT2D eigenvalue weighted by Crippen LogP contribution is 2.27. The summed E-state index contributed by atoms with van der Waals surface area (Å²) < 4.78 is 6.93. The molecule has 0 atom stereocenters. The number of benzene rings is 2. The number of nitrogens with one attached hydrogen (secondary N) is 1. The lowest BCUT2D eigenvalue weighted by molar-refractivity contribution is 0.102. The van der Waals surface area contributed by atoms with Crippen LogP contribution in [-0.2, 0) is 0 Å².